The van der Waals surface area contributed by atoms with E-state index in [0.29, 0.717) is 16.8 Å². The summed E-state index contributed by atoms with van der Waals surface area (Å²) in [6.07, 6.45) is 0. The molecule has 0 aliphatic heterocycles. The second-order valence-corrected chi connectivity index (χ2v) is 4.18. The number of anilines is 1. The first kappa shape index (κ1) is 11.9. The summed E-state index contributed by atoms with van der Waals surface area (Å²) in [6.45, 7) is 2.06. The number of hydrogen-bond donors (Lipinski definition) is 1. The number of aromatic nitrogens is 1. The van der Waals surface area contributed by atoms with Gasteiger partial charge in [-0.15, -0.1) is 0 Å². The van der Waals surface area contributed by atoms with Crippen LogP contribution in [0.15, 0.2) is 28.9 Å². The Morgan fingerprint density at radius 1 is 1.41 bits per heavy atom. The number of carbonyl (C=O) groups excluding carboxylic acids is 1. The number of nitrogens with zero attached hydrogens (tertiary/aromatic N) is 1. The highest BCUT2D eigenvalue weighted by molar-refractivity contribution is 9.10. The molecule has 2 aromatic rings. The molecule has 88 valence electrons. The normalized spacial score (nSPS) is 10.5. The smallest absolute Gasteiger partial charge is 0.342 e. The van der Waals surface area contributed by atoms with Crippen molar-refractivity contribution in [2.75, 3.05) is 12.3 Å². The van der Waals surface area contributed by atoms with E-state index in [1.807, 2.05) is 24.3 Å². The highest BCUT2D eigenvalue weighted by atomic mass is 79.9. The first-order chi connectivity index (χ1) is 8.15. The second kappa shape index (κ2) is 4.71. The topological polar surface area (TPSA) is 65.2 Å². The molecule has 2 rings (SSSR count). The standard InChI is InChI=1S/C12H11BrN2O2/c1-2-17-12(16)9-7-5-3-4-6-8(7)10(13)15-11(9)14/h3-6H,2H2,1H3,(H2,14,15). The summed E-state index contributed by atoms with van der Waals surface area (Å²) in [5, 5.41) is 1.58. The fourth-order valence-corrected chi connectivity index (χ4v) is 2.20. The minimum atomic E-state index is -0.443. The van der Waals surface area contributed by atoms with Crippen molar-refractivity contribution in [1.29, 1.82) is 0 Å². The SMILES string of the molecule is CCOC(=O)c1c(N)nc(Br)c2ccccc12. The van der Waals surface area contributed by atoms with Crippen LogP contribution in [0.25, 0.3) is 10.8 Å². The third kappa shape index (κ3) is 2.10. The second-order valence-electron chi connectivity index (χ2n) is 3.43. The van der Waals surface area contributed by atoms with E-state index < -0.39 is 5.97 Å². The minimum Gasteiger partial charge on any atom is -0.462 e. The maximum absolute atomic E-state index is 11.8. The molecule has 0 radical (unpaired) electrons. The van der Waals surface area contributed by atoms with Crippen molar-refractivity contribution in [1.82, 2.24) is 4.98 Å². The van der Waals surface area contributed by atoms with Gasteiger partial charge < -0.3 is 10.5 Å². The number of fused-ring (bicyclic) bond motifs is 1. The number of esters is 1. The number of benzene rings is 1. The number of hydrogen-bond acceptors (Lipinski definition) is 4. The zero-order valence-electron chi connectivity index (χ0n) is 9.24. The molecule has 0 amide bonds. The Hall–Kier alpha value is -1.62. The number of nitrogen functional groups attached to an aromatic ring is 1. The number of carbonyl (C=O) groups is 1. The predicted molar refractivity (Wildman–Crippen MR) is 69.8 cm³/mol. The molecule has 1 aromatic heterocycles. The van der Waals surface area contributed by atoms with E-state index in [9.17, 15) is 4.79 Å². The van der Waals surface area contributed by atoms with Gasteiger partial charge in [0, 0.05) is 10.8 Å². The maximum atomic E-state index is 11.8. The van der Waals surface area contributed by atoms with Crippen LogP contribution in [-0.4, -0.2) is 17.6 Å². The fraction of sp³-hybridized carbons (Fsp3) is 0.167. The molecular weight excluding hydrogens is 284 g/mol. The highest BCUT2D eigenvalue weighted by Gasteiger charge is 2.17. The van der Waals surface area contributed by atoms with Gasteiger partial charge in [0.05, 0.1) is 6.61 Å². The van der Waals surface area contributed by atoms with E-state index in [1.54, 1.807) is 6.92 Å². The Labute approximate surface area is 107 Å². The van der Waals surface area contributed by atoms with E-state index in [1.165, 1.54) is 0 Å². The van der Waals surface area contributed by atoms with Crippen LogP contribution >= 0.6 is 15.9 Å². The number of halogens is 1. The third-order valence-corrected chi connectivity index (χ3v) is 2.98. The highest BCUT2D eigenvalue weighted by Crippen LogP contribution is 2.28. The monoisotopic (exact) mass is 294 g/mol. The van der Waals surface area contributed by atoms with Gasteiger partial charge in [-0.05, 0) is 22.9 Å². The number of rotatable bonds is 2. The molecule has 0 fully saturated rings. The lowest BCUT2D eigenvalue weighted by atomic mass is 10.1. The van der Waals surface area contributed by atoms with Crippen molar-refractivity contribution < 1.29 is 9.53 Å². The number of ether oxygens (including phenoxy) is 1. The molecule has 0 saturated carbocycles. The molecule has 0 saturated heterocycles. The maximum Gasteiger partial charge on any atom is 0.342 e. The van der Waals surface area contributed by atoms with Crippen LogP contribution < -0.4 is 5.73 Å². The molecule has 1 heterocycles. The average molecular weight is 295 g/mol. The Balaban J connectivity index is 2.73. The molecule has 0 spiro atoms. The van der Waals surface area contributed by atoms with E-state index in [4.69, 9.17) is 10.5 Å². The predicted octanol–water partition coefficient (Wildman–Crippen LogP) is 2.76. The molecule has 0 aliphatic rings. The summed E-state index contributed by atoms with van der Waals surface area (Å²) in [5.41, 5.74) is 6.10. The summed E-state index contributed by atoms with van der Waals surface area (Å²) < 4.78 is 5.61. The Bertz CT molecular complexity index is 584. The van der Waals surface area contributed by atoms with Gasteiger partial charge in [-0.1, -0.05) is 24.3 Å². The molecular formula is C12H11BrN2O2. The van der Waals surface area contributed by atoms with Crippen molar-refractivity contribution >= 4 is 38.5 Å². The molecule has 4 nitrogen and oxygen atoms in total. The van der Waals surface area contributed by atoms with Gasteiger partial charge in [-0.2, -0.15) is 0 Å². The van der Waals surface area contributed by atoms with Gasteiger partial charge in [0.1, 0.15) is 16.0 Å². The lowest BCUT2D eigenvalue weighted by Gasteiger charge is -2.09. The fourth-order valence-electron chi connectivity index (χ4n) is 1.66. The van der Waals surface area contributed by atoms with Crippen molar-refractivity contribution in [2.24, 2.45) is 0 Å². The molecule has 0 atom stereocenters. The van der Waals surface area contributed by atoms with Gasteiger partial charge in [-0.25, -0.2) is 9.78 Å². The average Bonchev–Trinajstić information content (AvgIpc) is 2.29. The summed E-state index contributed by atoms with van der Waals surface area (Å²) in [7, 11) is 0. The van der Waals surface area contributed by atoms with Crippen molar-refractivity contribution in [3.8, 4) is 0 Å². The molecule has 0 unspecified atom stereocenters. The summed E-state index contributed by atoms with van der Waals surface area (Å²) >= 11 is 3.33. The Morgan fingerprint density at radius 3 is 2.71 bits per heavy atom. The van der Waals surface area contributed by atoms with Gasteiger partial charge in [0.2, 0.25) is 0 Å². The van der Waals surface area contributed by atoms with Crippen LogP contribution in [0.4, 0.5) is 5.82 Å². The quantitative estimate of drug-likeness (QED) is 0.683. The molecule has 17 heavy (non-hydrogen) atoms. The molecule has 0 aliphatic carbocycles. The van der Waals surface area contributed by atoms with Gasteiger partial charge in [0.15, 0.2) is 0 Å². The zero-order chi connectivity index (χ0) is 12.4. The number of nitrogens with two attached hydrogens (primary N) is 1. The van der Waals surface area contributed by atoms with Crippen LogP contribution in [0.1, 0.15) is 17.3 Å². The summed E-state index contributed by atoms with van der Waals surface area (Å²) in [5.74, 6) is -0.268. The summed E-state index contributed by atoms with van der Waals surface area (Å²) in [4.78, 5) is 15.9. The molecule has 2 N–H and O–H groups in total. The van der Waals surface area contributed by atoms with Crippen LogP contribution in [-0.2, 0) is 4.74 Å². The van der Waals surface area contributed by atoms with Crippen molar-refractivity contribution in [3.05, 3.63) is 34.4 Å². The van der Waals surface area contributed by atoms with Crippen LogP contribution in [0.2, 0.25) is 0 Å². The van der Waals surface area contributed by atoms with Crippen molar-refractivity contribution in [3.63, 3.8) is 0 Å². The Morgan fingerprint density at radius 2 is 2.06 bits per heavy atom. The van der Waals surface area contributed by atoms with Gasteiger partial charge in [0.25, 0.3) is 0 Å². The van der Waals surface area contributed by atoms with Crippen LogP contribution in [0.5, 0.6) is 0 Å². The molecule has 0 bridgehead atoms. The number of pyridine rings is 1. The van der Waals surface area contributed by atoms with E-state index >= 15 is 0 Å². The largest absolute Gasteiger partial charge is 0.462 e. The Kier molecular flexibility index (Phi) is 3.28. The van der Waals surface area contributed by atoms with Gasteiger partial charge in [-0.3, -0.25) is 0 Å². The van der Waals surface area contributed by atoms with Crippen molar-refractivity contribution in [2.45, 2.75) is 6.92 Å². The summed E-state index contributed by atoms with van der Waals surface area (Å²) in [6, 6.07) is 7.41. The minimum absolute atomic E-state index is 0.175. The molecule has 5 heteroatoms. The third-order valence-electron chi connectivity index (χ3n) is 2.37. The van der Waals surface area contributed by atoms with Crippen LogP contribution in [0, 0.1) is 0 Å². The zero-order valence-corrected chi connectivity index (χ0v) is 10.8. The van der Waals surface area contributed by atoms with Gasteiger partial charge >= 0.3 is 5.97 Å². The lowest BCUT2D eigenvalue weighted by molar-refractivity contribution is 0.0529. The van der Waals surface area contributed by atoms with E-state index in [-0.39, 0.29) is 5.82 Å². The lowest BCUT2D eigenvalue weighted by Crippen LogP contribution is -2.10. The first-order valence-corrected chi connectivity index (χ1v) is 5.95. The van der Waals surface area contributed by atoms with Crippen LogP contribution in [0.3, 0.4) is 0 Å². The first-order valence-electron chi connectivity index (χ1n) is 5.16. The molecule has 1 aromatic carbocycles. The van der Waals surface area contributed by atoms with E-state index in [0.717, 1.165) is 10.8 Å². The van der Waals surface area contributed by atoms with E-state index in [2.05, 4.69) is 20.9 Å².